The minimum absolute atomic E-state index is 0.0762. The number of fused-ring (bicyclic) bond motifs is 1. The lowest BCUT2D eigenvalue weighted by Gasteiger charge is -2.25. The van der Waals surface area contributed by atoms with Crippen LogP contribution in [0.15, 0.2) is 24.3 Å². The minimum atomic E-state index is -3.74. The molecule has 0 bridgehead atoms. The van der Waals surface area contributed by atoms with E-state index < -0.39 is 40.2 Å². The molecule has 0 aromatic heterocycles. The topological polar surface area (TPSA) is 121 Å². The van der Waals surface area contributed by atoms with Gasteiger partial charge in [0, 0.05) is 0 Å². The van der Waals surface area contributed by atoms with Crippen LogP contribution in [-0.2, 0) is 14.3 Å². The van der Waals surface area contributed by atoms with Crippen molar-refractivity contribution in [3.8, 4) is 0 Å². The van der Waals surface area contributed by atoms with Crippen LogP contribution >= 0.6 is 0 Å². The monoisotopic (exact) mass is 368 g/mol. The first-order valence-electron chi connectivity index (χ1n) is 7.50. The fourth-order valence-corrected chi connectivity index (χ4v) is 3.85. The van der Waals surface area contributed by atoms with Gasteiger partial charge in [-0.3, -0.25) is 18.7 Å². The molecule has 25 heavy (non-hydrogen) atoms. The Hall–Kier alpha value is -2.46. The molecule has 0 unspecified atom stereocenters. The van der Waals surface area contributed by atoms with Gasteiger partial charge in [-0.25, -0.2) is 4.79 Å². The number of imide groups is 1. The van der Waals surface area contributed by atoms with Crippen molar-refractivity contribution in [2.24, 2.45) is 0 Å². The first-order chi connectivity index (χ1) is 11.7. The first-order valence-corrected chi connectivity index (χ1v) is 9.32. The first kappa shape index (κ1) is 17.4. The maximum absolute atomic E-state index is 12.4. The van der Waals surface area contributed by atoms with Gasteiger partial charge in [0.25, 0.3) is 21.9 Å². The summed E-state index contributed by atoms with van der Waals surface area (Å²) >= 11 is 0. The largest absolute Gasteiger partial charge is 0.465 e. The molecular formula is C15H16N2O7S. The van der Waals surface area contributed by atoms with Crippen LogP contribution < -0.4 is 0 Å². The Labute approximate surface area is 143 Å². The zero-order valence-corrected chi connectivity index (χ0v) is 14.1. The van der Waals surface area contributed by atoms with Gasteiger partial charge in [-0.1, -0.05) is 12.1 Å². The predicted molar refractivity (Wildman–Crippen MR) is 84.7 cm³/mol. The maximum Gasteiger partial charge on any atom is 0.407 e. The number of likely N-dealkylation sites (tertiary alicyclic amines) is 1. The van der Waals surface area contributed by atoms with E-state index in [0.717, 1.165) is 16.1 Å². The second-order valence-corrected chi connectivity index (χ2v) is 7.61. The van der Waals surface area contributed by atoms with E-state index in [4.69, 9.17) is 4.18 Å². The maximum atomic E-state index is 12.4. The van der Waals surface area contributed by atoms with Gasteiger partial charge in [-0.2, -0.15) is 8.42 Å². The third kappa shape index (κ3) is 3.35. The van der Waals surface area contributed by atoms with Gasteiger partial charge < -0.3 is 10.0 Å². The van der Waals surface area contributed by atoms with Crippen molar-refractivity contribution in [1.82, 2.24) is 9.80 Å². The fourth-order valence-electron chi connectivity index (χ4n) is 3.21. The summed E-state index contributed by atoms with van der Waals surface area (Å²) in [5.74, 6) is -0.975. The average Bonchev–Trinajstić information content (AvgIpc) is 3.01. The number of hydrogen-bond acceptors (Lipinski definition) is 6. The number of carbonyl (C=O) groups is 3. The van der Waals surface area contributed by atoms with Crippen molar-refractivity contribution in [1.29, 1.82) is 0 Å². The van der Waals surface area contributed by atoms with Crippen LogP contribution in [-0.4, -0.2) is 72.7 Å². The van der Waals surface area contributed by atoms with Crippen LogP contribution in [0.5, 0.6) is 0 Å². The van der Waals surface area contributed by atoms with Crippen molar-refractivity contribution >= 4 is 28.0 Å². The quantitative estimate of drug-likeness (QED) is 0.602. The third-order valence-electron chi connectivity index (χ3n) is 4.20. The lowest BCUT2D eigenvalue weighted by Crippen LogP contribution is -2.44. The standard InChI is InChI=1S/C15H16N2O7S/c1-25(22,23)24-10-6-9(16(8-10)15(20)21)7-17-13(18)11-4-2-3-5-12(11)14(17)19/h2-5,9-10H,6-8H2,1H3,(H,20,21)/t9-,10+/m1/s1. The number of hydrogen-bond donors (Lipinski definition) is 1. The van der Waals surface area contributed by atoms with E-state index in [2.05, 4.69) is 0 Å². The zero-order chi connectivity index (χ0) is 18.4. The van der Waals surface area contributed by atoms with Crippen molar-refractivity contribution < 1.29 is 32.1 Å². The number of carbonyl (C=O) groups excluding carboxylic acids is 2. The van der Waals surface area contributed by atoms with E-state index in [9.17, 15) is 27.9 Å². The number of carboxylic acid groups (broad SMARTS) is 1. The summed E-state index contributed by atoms with van der Waals surface area (Å²) in [4.78, 5) is 38.2. The van der Waals surface area contributed by atoms with Gasteiger partial charge in [0.15, 0.2) is 0 Å². The molecule has 1 fully saturated rings. The molecule has 1 saturated heterocycles. The summed E-state index contributed by atoms with van der Waals surface area (Å²) in [6.45, 7) is -0.293. The fraction of sp³-hybridized carbons (Fsp3) is 0.400. The summed E-state index contributed by atoms with van der Waals surface area (Å²) in [5, 5.41) is 9.31. The predicted octanol–water partition coefficient (Wildman–Crippen LogP) is 0.380. The highest BCUT2D eigenvalue weighted by Gasteiger charge is 2.43. The minimum Gasteiger partial charge on any atom is -0.465 e. The van der Waals surface area contributed by atoms with E-state index in [-0.39, 0.29) is 30.6 Å². The molecule has 2 atom stereocenters. The number of benzene rings is 1. The van der Waals surface area contributed by atoms with Crippen molar-refractivity contribution in [3.05, 3.63) is 35.4 Å². The van der Waals surface area contributed by atoms with Gasteiger partial charge in [0.05, 0.1) is 42.6 Å². The highest BCUT2D eigenvalue weighted by Crippen LogP contribution is 2.27. The second kappa shape index (κ2) is 6.12. The lowest BCUT2D eigenvalue weighted by atomic mass is 10.1. The summed E-state index contributed by atoms with van der Waals surface area (Å²) in [6.07, 6.45) is -1.14. The summed E-state index contributed by atoms with van der Waals surface area (Å²) in [5.41, 5.74) is 0.549. The summed E-state index contributed by atoms with van der Waals surface area (Å²) < 4.78 is 27.4. The highest BCUT2D eigenvalue weighted by molar-refractivity contribution is 7.86. The Kier molecular flexibility index (Phi) is 4.25. The Morgan fingerprint density at radius 2 is 1.80 bits per heavy atom. The average molecular weight is 368 g/mol. The van der Waals surface area contributed by atoms with Crippen molar-refractivity contribution in [3.63, 3.8) is 0 Å². The molecule has 1 aromatic carbocycles. The SMILES string of the molecule is CS(=O)(=O)O[C@H]1C[C@H](CN2C(=O)c3ccccc3C2=O)N(C(=O)O)C1. The molecule has 10 heteroatoms. The van der Waals surface area contributed by atoms with Gasteiger partial charge >= 0.3 is 6.09 Å². The van der Waals surface area contributed by atoms with Crippen molar-refractivity contribution in [2.45, 2.75) is 18.6 Å². The van der Waals surface area contributed by atoms with Crippen LogP contribution in [0.25, 0.3) is 0 Å². The molecule has 3 rings (SSSR count). The molecule has 0 saturated carbocycles. The molecule has 9 nitrogen and oxygen atoms in total. The van der Waals surface area contributed by atoms with E-state index in [1.807, 2.05) is 0 Å². The normalized spacial score (nSPS) is 23.2. The lowest BCUT2D eigenvalue weighted by molar-refractivity contribution is 0.0603. The van der Waals surface area contributed by atoms with Gasteiger partial charge in [-0.15, -0.1) is 0 Å². The smallest absolute Gasteiger partial charge is 0.407 e. The van der Waals surface area contributed by atoms with Crippen LogP contribution in [0, 0.1) is 0 Å². The van der Waals surface area contributed by atoms with Crippen LogP contribution in [0.1, 0.15) is 27.1 Å². The zero-order valence-electron chi connectivity index (χ0n) is 13.3. The Morgan fingerprint density at radius 3 is 2.28 bits per heavy atom. The molecule has 2 aliphatic rings. The highest BCUT2D eigenvalue weighted by atomic mass is 32.2. The number of amides is 3. The molecule has 134 valence electrons. The second-order valence-electron chi connectivity index (χ2n) is 6.01. The van der Waals surface area contributed by atoms with E-state index in [1.54, 1.807) is 12.1 Å². The molecule has 2 aliphatic heterocycles. The third-order valence-corrected chi connectivity index (χ3v) is 4.83. The van der Waals surface area contributed by atoms with Crippen LogP contribution in [0.2, 0.25) is 0 Å². The van der Waals surface area contributed by atoms with Crippen LogP contribution in [0.4, 0.5) is 4.79 Å². The van der Waals surface area contributed by atoms with Crippen LogP contribution in [0.3, 0.4) is 0 Å². The van der Waals surface area contributed by atoms with E-state index in [1.165, 1.54) is 12.1 Å². The van der Waals surface area contributed by atoms with Crippen molar-refractivity contribution in [2.75, 3.05) is 19.3 Å². The molecule has 1 aromatic rings. The molecule has 1 N–H and O–H groups in total. The number of nitrogens with zero attached hydrogens (tertiary/aromatic N) is 2. The van der Waals surface area contributed by atoms with E-state index in [0.29, 0.717) is 0 Å². The molecule has 0 radical (unpaired) electrons. The Bertz CT molecular complexity index is 816. The van der Waals surface area contributed by atoms with Gasteiger partial charge in [-0.05, 0) is 18.6 Å². The molecule has 3 amide bonds. The van der Waals surface area contributed by atoms with E-state index >= 15 is 0 Å². The van der Waals surface area contributed by atoms with Gasteiger partial charge in [0.2, 0.25) is 0 Å². The van der Waals surface area contributed by atoms with Gasteiger partial charge in [0.1, 0.15) is 0 Å². The Morgan fingerprint density at radius 1 is 1.24 bits per heavy atom. The molecule has 0 spiro atoms. The molecule has 2 heterocycles. The molecule has 0 aliphatic carbocycles. The molecular weight excluding hydrogens is 352 g/mol. The summed E-state index contributed by atoms with van der Waals surface area (Å²) in [7, 11) is -3.74. The number of rotatable bonds is 4. The Balaban J connectivity index is 1.79. The summed E-state index contributed by atoms with van der Waals surface area (Å²) in [6, 6.07) is 5.63.